The second-order valence-corrected chi connectivity index (χ2v) is 14.2. The highest BCUT2D eigenvalue weighted by Gasteiger charge is 2.19. The highest BCUT2D eigenvalue weighted by molar-refractivity contribution is 5.90. The van der Waals surface area contributed by atoms with Crippen molar-refractivity contribution in [2.45, 2.75) is 0 Å². The van der Waals surface area contributed by atoms with E-state index in [9.17, 15) is 0 Å². The van der Waals surface area contributed by atoms with Gasteiger partial charge < -0.3 is 4.74 Å². The van der Waals surface area contributed by atoms with E-state index in [4.69, 9.17) is 14.7 Å². The van der Waals surface area contributed by atoms with Crippen molar-refractivity contribution >= 4 is 0 Å². The maximum Gasteiger partial charge on any atom is 0.144 e. The van der Waals surface area contributed by atoms with E-state index in [1.165, 1.54) is 0 Å². The molecule has 0 fully saturated rings. The molecule has 5 aromatic heterocycles. The zero-order chi connectivity index (χ0) is 40.3. The summed E-state index contributed by atoms with van der Waals surface area (Å²) in [5.41, 5.74) is 13.7. The summed E-state index contributed by atoms with van der Waals surface area (Å²) in [5.74, 6) is 2.36. The van der Waals surface area contributed by atoms with Crippen LogP contribution >= 0.6 is 0 Å². The van der Waals surface area contributed by atoms with Crippen LogP contribution in [0.25, 0.3) is 90.2 Å². The topological polar surface area (TPSA) is 83.5 Å². The predicted octanol–water partition coefficient (Wildman–Crippen LogP) is 11.9. The molecule has 0 N–H and O–H groups in total. The number of ether oxygens (including phenoxy) is 1. The second-order valence-electron chi connectivity index (χ2n) is 14.2. The number of imidazole rings is 2. The third-order valence-corrected chi connectivity index (χ3v) is 10.6. The largest absolute Gasteiger partial charge is 0.496 e. The number of methoxy groups -OCH3 is 1. The molecule has 0 aliphatic heterocycles. The van der Waals surface area contributed by atoms with Crippen LogP contribution in [0.5, 0.6) is 5.75 Å². The Morgan fingerprint density at radius 1 is 0.350 bits per heavy atom. The highest BCUT2D eigenvalue weighted by atomic mass is 16.5. The summed E-state index contributed by atoms with van der Waals surface area (Å²) in [5, 5.41) is 0. The van der Waals surface area contributed by atoms with Crippen molar-refractivity contribution in [2.75, 3.05) is 7.11 Å². The standard InChI is InChI=1S/C52H37N7O/c1-60-50-35-38(49-14-6-9-27-55-49)19-24-46(50)45-11-3-2-10-44(45)39-32-40(51-56-28-30-58(51)42-20-15-36(16-21-42)47-12-4-7-25-53-47)34-41(33-39)52-57-29-31-59(52)43-22-17-37(18-23-43)48-13-5-8-26-54-48/h2-35H,1H3. The Morgan fingerprint density at radius 3 is 1.28 bits per heavy atom. The maximum atomic E-state index is 6.06. The first-order valence-corrected chi connectivity index (χ1v) is 19.7. The van der Waals surface area contributed by atoms with Gasteiger partial charge in [-0.05, 0) is 108 Å². The molecule has 60 heavy (non-hydrogen) atoms. The van der Waals surface area contributed by atoms with E-state index >= 15 is 0 Å². The summed E-state index contributed by atoms with van der Waals surface area (Å²) in [4.78, 5) is 23.6. The number of hydrogen-bond acceptors (Lipinski definition) is 6. The fourth-order valence-electron chi connectivity index (χ4n) is 7.72. The molecule has 10 rings (SSSR count). The summed E-state index contributed by atoms with van der Waals surface area (Å²) in [6, 6.07) is 56.0. The van der Waals surface area contributed by atoms with E-state index in [1.54, 1.807) is 13.3 Å². The minimum absolute atomic E-state index is 0.761. The first-order chi connectivity index (χ1) is 29.7. The van der Waals surface area contributed by atoms with Gasteiger partial charge in [0.05, 0.1) is 24.2 Å². The molecule has 8 heteroatoms. The molecule has 0 spiro atoms. The number of hydrogen-bond donors (Lipinski definition) is 0. The van der Waals surface area contributed by atoms with Gasteiger partial charge in [-0.3, -0.25) is 24.1 Å². The molecule has 0 amide bonds. The SMILES string of the molecule is COc1cc(-c2ccccn2)ccc1-c1ccccc1-c1cc(-c2nccn2-c2ccc(-c3ccccn3)cc2)cc(-c2nccn2-c2ccc(-c3ccccn3)cc2)c1. The molecule has 8 nitrogen and oxygen atoms in total. The molecule has 0 aliphatic rings. The Hall–Kier alpha value is -8.23. The van der Waals surface area contributed by atoms with Crippen molar-refractivity contribution in [3.05, 3.63) is 207 Å². The number of benzene rings is 5. The highest BCUT2D eigenvalue weighted by Crippen LogP contribution is 2.42. The molecule has 0 bridgehead atoms. The van der Waals surface area contributed by atoms with Crippen LogP contribution in [-0.2, 0) is 0 Å². The van der Waals surface area contributed by atoms with Crippen molar-refractivity contribution in [3.8, 4) is 95.9 Å². The average Bonchev–Trinajstić information content (AvgIpc) is 4.04. The van der Waals surface area contributed by atoms with E-state index in [-0.39, 0.29) is 0 Å². The first-order valence-electron chi connectivity index (χ1n) is 19.7. The molecule has 0 unspecified atom stereocenters. The average molecular weight is 776 g/mol. The Labute approximate surface area is 347 Å². The zero-order valence-electron chi connectivity index (χ0n) is 32.7. The molecule has 0 radical (unpaired) electrons. The van der Waals surface area contributed by atoms with Crippen molar-refractivity contribution < 1.29 is 4.74 Å². The van der Waals surface area contributed by atoms with Gasteiger partial charge >= 0.3 is 0 Å². The van der Waals surface area contributed by atoms with Gasteiger partial charge in [-0.2, -0.15) is 0 Å². The Bertz CT molecular complexity index is 2910. The van der Waals surface area contributed by atoms with E-state index in [1.807, 2.05) is 91.8 Å². The normalized spacial score (nSPS) is 11.1. The molecule has 0 aliphatic carbocycles. The summed E-state index contributed by atoms with van der Waals surface area (Å²) in [6.45, 7) is 0. The Balaban J connectivity index is 1.11. The number of aromatic nitrogens is 7. The van der Waals surface area contributed by atoms with Crippen LogP contribution in [0, 0.1) is 0 Å². The van der Waals surface area contributed by atoms with Gasteiger partial charge in [0, 0.05) is 88.1 Å². The zero-order valence-corrected chi connectivity index (χ0v) is 32.7. The third-order valence-electron chi connectivity index (χ3n) is 10.6. The minimum Gasteiger partial charge on any atom is -0.496 e. The van der Waals surface area contributed by atoms with Gasteiger partial charge in [-0.25, -0.2) is 9.97 Å². The van der Waals surface area contributed by atoms with Gasteiger partial charge in [0.25, 0.3) is 0 Å². The lowest BCUT2D eigenvalue weighted by atomic mass is 9.91. The molecular weight excluding hydrogens is 739 g/mol. The summed E-state index contributed by atoms with van der Waals surface area (Å²) >= 11 is 0. The third kappa shape index (κ3) is 7.03. The van der Waals surface area contributed by atoms with Gasteiger partial charge in [0.2, 0.25) is 0 Å². The van der Waals surface area contributed by atoms with Crippen molar-refractivity contribution in [3.63, 3.8) is 0 Å². The molecule has 5 aromatic carbocycles. The van der Waals surface area contributed by atoms with Gasteiger partial charge in [-0.1, -0.05) is 72.8 Å². The van der Waals surface area contributed by atoms with Gasteiger partial charge in [0.15, 0.2) is 0 Å². The smallest absolute Gasteiger partial charge is 0.144 e. The lowest BCUT2D eigenvalue weighted by Gasteiger charge is -2.17. The van der Waals surface area contributed by atoms with Crippen molar-refractivity contribution in [1.29, 1.82) is 0 Å². The summed E-state index contributed by atoms with van der Waals surface area (Å²) < 4.78 is 10.3. The molecule has 0 saturated heterocycles. The van der Waals surface area contributed by atoms with Crippen LogP contribution in [-0.4, -0.2) is 41.2 Å². The van der Waals surface area contributed by atoms with E-state index in [0.717, 1.165) is 95.9 Å². The fourth-order valence-corrected chi connectivity index (χ4v) is 7.72. The maximum absolute atomic E-state index is 6.06. The first kappa shape index (κ1) is 36.1. The minimum atomic E-state index is 0.761. The van der Waals surface area contributed by atoms with Crippen molar-refractivity contribution in [1.82, 2.24) is 34.1 Å². The number of nitrogens with zero attached hydrogens (tertiary/aromatic N) is 7. The molecule has 10 aromatic rings. The second kappa shape index (κ2) is 16.0. The van der Waals surface area contributed by atoms with Crippen LogP contribution in [0.1, 0.15) is 0 Å². The fraction of sp³-hybridized carbons (Fsp3) is 0.0192. The summed E-state index contributed by atoms with van der Waals surface area (Å²) in [6.07, 6.45) is 13.1. The number of rotatable bonds is 10. The quantitative estimate of drug-likeness (QED) is 0.138. The Kier molecular flexibility index (Phi) is 9.61. The predicted molar refractivity (Wildman–Crippen MR) is 239 cm³/mol. The molecule has 0 saturated carbocycles. The van der Waals surface area contributed by atoms with E-state index in [2.05, 4.69) is 133 Å². The molecule has 5 heterocycles. The van der Waals surface area contributed by atoms with Gasteiger partial charge in [0.1, 0.15) is 17.4 Å². The summed E-state index contributed by atoms with van der Waals surface area (Å²) in [7, 11) is 1.72. The van der Waals surface area contributed by atoms with E-state index in [0.29, 0.717) is 0 Å². The van der Waals surface area contributed by atoms with E-state index < -0.39 is 0 Å². The number of pyridine rings is 3. The lowest BCUT2D eigenvalue weighted by molar-refractivity contribution is 0.416. The molecule has 0 atom stereocenters. The Morgan fingerprint density at radius 2 is 0.800 bits per heavy atom. The van der Waals surface area contributed by atoms with Crippen LogP contribution in [0.4, 0.5) is 0 Å². The molecular formula is C52H37N7O. The van der Waals surface area contributed by atoms with Crippen LogP contribution < -0.4 is 4.74 Å². The molecule has 286 valence electrons. The lowest BCUT2D eigenvalue weighted by Crippen LogP contribution is -2.00. The van der Waals surface area contributed by atoms with Crippen molar-refractivity contribution in [2.24, 2.45) is 0 Å². The van der Waals surface area contributed by atoms with Crippen LogP contribution in [0.3, 0.4) is 0 Å². The monoisotopic (exact) mass is 775 g/mol. The van der Waals surface area contributed by atoms with Gasteiger partial charge in [-0.15, -0.1) is 0 Å². The van der Waals surface area contributed by atoms with Crippen LogP contribution in [0.15, 0.2) is 207 Å². The van der Waals surface area contributed by atoms with Crippen LogP contribution in [0.2, 0.25) is 0 Å².